The van der Waals surface area contributed by atoms with Crippen LogP contribution in [0.3, 0.4) is 0 Å². The molecule has 1 amide bonds. The lowest BCUT2D eigenvalue weighted by Crippen LogP contribution is -2.24. The number of alkyl halides is 3. The highest BCUT2D eigenvalue weighted by molar-refractivity contribution is 9.10. The van der Waals surface area contributed by atoms with Gasteiger partial charge in [0.1, 0.15) is 0 Å². The van der Waals surface area contributed by atoms with Gasteiger partial charge in [0.2, 0.25) is 5.91 Å². The molecule has 0 heterocycles. The molecule has 0 aliphatic carbocycles. The van der Waals surface area contributed by atoms with Crippen LogP contribution in [0.2, 0.25) is 0 Å². The summed E-state index contributed by atoms with van der Waals surface area (Å²) in [6.45, 7) is 1.93. The zero-order valence-electron chi connectivity index (χ0n) is 10.2. The van der Waals surface area contributed by atoms with Gasteiger partial charge in [-0.1, -0.05) is 22.9 Å². The summed E-state index contributed by atoms with van der Waals surface area (Å²) in [5.74, 6) is -0.909. The Kier molecular flexibility index (Phi) is 5.37. The second kappa shape index (κ2) is 6.38. The van der Waals surface area contributed by atoms with E-state index in [2.05, 4.69) is 21.2 Å². The minimum atomic E-state index is -4.52. The number of halogens is 4. The van der Waals surface area contributed by atoms with Gasteiger partial charge in [0.15, 0.2) is 0 Å². The van der Waals surface area contributed by atoms with E-state index in [1.165, 1.54) is 12.1 Å². The van der Waals surface area contributed by atoms with Crippen molar-refractivity contribution in [3.63, 3.8) is 0 Å². The molecule has 19 heavy (non-hydrogen) atoms. The third-order valence-electron chi connectivity index (χ3n) is 2.59. The van der Waals surface area contributed by atoms with Gasteiger partial charge in [0.05, 0.1) is 11.3 Å². The van der Waals surface area contributed by atoms with E-state index < -0.39 is 23.6 Å². The average molecular weight is 339 g/mol. The van der Waals surface area contributed by atoms with Crippen LogP contribution in [0.5, 0.6) is 0 Å². The Hall–Kier alpha value is -1.08. The maximum Gasteiger partial charge on any atom is 0.418 e. The second-order valence-corrected chi connectivity index (χ2v) is 5.07. The summed E-state index contributed by atoms with van der Waals surface area (Å²) in [4.78, 5) is 11.7. The SMILES string of the molecule is CC(CCN)C(=O)Nc1ccc(Br)cc1C(F)(F)F. The molecular formula is C12H14BrF3N2O. The van der Waals surface area contributed by atoms with Gasteiger partial charge >= 0.3 is 6.18 Å². The first kappa shape index (κ1) is 16.0. The van der Waals surface area contributed by atoms with Crippen LogP contribution >= 0.6 is 15.9 Å². The van der Waals surface area contributed by atoms with Crippen LogP contribution in [0.1, 0.15) is 18.9 Å². The van der Waals surface area contributed by atoms with Gasteiger partial charge in [-0.25, -0.2) is 0 Å². The van der Waals surface area contributed by atoms with Crippen LogP contribution in [0.4, 0.5) is 18.9 Å². The molecule has 1 aromatic rings. The first-order chi connectivity index (χ1) is 8.75. The number of anilines is 1. The molecule has 7 heteroatoms. The molecule has 1 aromatic carbocycles. The quantitative estimate of drug-likeness (QED) is 0.884. The van der Waals surface area contributed by atoms with Crippen molar-refractivity contribution < 1.29 is 18.0 Å². The molecule has 0 radical (unpaired) electrons. The fourth-order valence-electron chi connectivity index (χ4n) is 1.50. The Labute approximate surface area is 117 Å². The number of rotatable bonds is 4. The zero-order chi connectivity index (χ0) is 14.6. The Balaban J connectivity index is 2.98. The third kappa shape index (κ3) is 4.50. The fraction of sp³-hybridized carbons (Fsp3) is 0.417. The predicted octanol–water partition coefficient (Wildman–Crippen LogP) is 3.39. The molecule has 0 aromatic heterocycles. The van der Waals surface area contributed by atoms with Crippen LogP contribution in [0, 0.1) is 5.92 Å². The molecule has 0 saturated carbocycles. The van der Waals surface area contributed by atoms with Crippen LogP contribution in [-0.4, -0.2) is 12.5 Å². The molecule has 0 saturated heterocycles. The smallest absolute Gasteiger partial charge is 0.330 e. The molecule has 0 fully saturated rings. The Morgan fingerprint density at radius 1 is 1.47 bits per heavy atom. The van der Waals surface area contributed by atoms with Crippen molar-refractivity contribution in [2.75, 3.05) is 11.9 Å². The number of nitrogens with two attached hydrogens (primary N) is 1. The fourth-order valence-corrected chi connectivity index (χ4v) is 1.86. The highest BCUT2D eigenvalue weighted by Crippen LogP contribution is 2.36. The summed E-state index contributed by atoms with van der Waals surface area (Å²) in [7, 11) is 0. The molecule has 0 aliphatic rings. The number of benzene rings is 1. The summed E-state index contributed by atoms with van der Waals surface area (Å²) < 4.78 is 38.8. The standard InChI is InChI=1S/C12H14BrF3N2O/c1-7(4-5-17)11(19)18-10-3-2-8(13)6-9(10)12(14,15)16/h2-3,6-7H,4-5,17H2,1H3,(H,18,19). The number of nitrogens with one attached hydrogen (secondary N) is 1. The number of amides is 1. The van der Waals surface area contributed by atoms with Crippen LogP contribution in [0.25, 0.3) is 0 Å². The lowest BCUT2D eigenvalue weighted by molar-refractivity contribution is -0.137. The van der Waals surface area contributed by atoms with Gasteiger partial charge < -0.3 is 11.1 Å². The van der Waals surface area contributed by atoms with E-state index in [1.807, 2.05) is 0 Å². The minimum Gasteiger partial charge on any atom is -0.330 e. The molecular weight excluding hydrogens is 325 g/mol. The van der Waals surface area contributed by atoms with Crippen molar-refractivity contribution in [1.82, 2.24) is 0 Å². The molecule has 1 rings (SSSR count). The summed E-state index contributed by atoms with van der Waals surface area (Å²) in [6, 6.07) is 3.60. The maximum atomic E-state index is 12.8. The molecule has 3 nitrogen and oxygen atoms in total. The van der Waals surface area contributed by atoms with E-state index in [1.54, 1.807) is 6.92 Å². The summed E-state index contributed by atoms with van der Waals surface area (Å²) in [6.07, 6.45) is -4.10. The molecule has 0 bridgehead atoms. The van der Waals surface area contributed by atoms with Gasteiger partial charge in [-0.2, -0.15) is 13.2 Å². The number of carbonyl (C=O) groups is 1. The summed E-state index contributed by atoms with van der Waals surface area (Å²) in [5.41, 5.74) is 4.19. The number of carbonyl (C=O) groups excluding carboxylic acids is 1. The van der Waals surface area contributed by atoms with Gasteiger partial charge in [-0.15, -0.1) is 0 Å². The highest BCUT2D eigenvalue weighted by Gasteiger charge is 2.34. The number of hydrogen-bond acceptors (Lipinski definition) is 2. The molecule has 106 valence electrons. The second-order valence-electron chi connectivity index (χ2n) is 4.16. The van der Waals surface area contributed by atoms with Crippen LogP contribution in [-0.2, 0) is 11.0 Å². The van der Waals surface area contributed by atoms with Crippen LogP contribution in [0.15, 0.2) is 22.7 Å². The first-order valence-electron chi connectivity index (χ1n) is 5.63. The van der Waals surface area contributed by atoms with Crippen molar-refractivity contribution in [3.8, 4) is 0 Å². The Bertz CT molecular complexity index is 463. The largest absolute Gasteiger partial charge is 0.418 e. The van der Waals surface area contributed by atoms with Crippen molar-refractivity contribution in [3.05, 3.63) is 28.2 Å². The third-order valence-corrected chi connectivity index (χ3v) is 3.09. The van der Waals surface area contributed by atoms with Gasteiger partial charge in [-0.3, -0.25) is 4.79 Å². The lowest BCUT2D eigenvalue weighted by Gasteiger charge is -2.16. The Morgan fingerprint density at radius 3 is 2.63 bits per heavy atom. The summed E-state index contributed by atoms with van der Waals surface area (Å²) >= 11 is 2.98. The van der Waals surface area contributed by atoms with Gasteiger partial charge in [-0.05, 0) is 31.2 Å². The topological polar surface area (TPSA) is 55.1 Å². The van der Waals surface area contributed by atoms with Crippen molar-refractivity contribution in [1.29, 1.82) is 0 Å². The van der Waals surface area contributed by atoms with E-state index in [0.29, 0.717) is 17.4 Å². The van der Waals surface area contributed by atoms with Crippen molar-refractivity contribution in [2.24, 2.45) is 11.7 Å². The van der Waals surface area contributed by atoms with E-state index in [-0.39, 0.29) is 5.69 Å². The number of hydrogen-bond donors (Lipinski definition) is 2. The van der Waals surface area contributed by atoms with Crippen LogP contribution < -0.4 is 11.1 Å². The van der Waals surface area contributed by atoms with Gasteiger partial charge in [0, 0.05) is 10.4 Å². The Morgan fingerprint density at radius 2 is 2.11 bits per heavy atom. The van der Waals surface area contributed by atoms with E-state index in [4.69, 9.17) is 5.73 Å². The maximum absolute atomic E-state index is 12.8. The average Bonchev–Trinajstić information content (AvgIpc) is 2.30. The lowest BCUT2D eigenvalue weighted by atomic mass is 10.1. The van der Waals surface area contributed by atoms with E-state index in [0.717, 1.165) is 6.07 Å². The van der Waals surface area contributed by atoms with Crippen molar-refractivity contribution in [2.45, 2.75) is 19.5 Å². The molecule has 3 N–H and O–H groups in total. The molecule has 1 unspecified atom stereocenters. The highest BCUT2D eigenvalue weighted by atomic mass is 79.9. The van der Waals surface area contributed by atoms with E-state index in [9.17, 15) is 18.0 Å². The predicted molar refractivity (Wildman–Crippen MR) is 70.6 cm³/mol. The molecule has 1 atom stereocenters. The monoisotopic (exact) mass is 338 g/mol. The summed E-state index contributed by atoms with van der Waals surface area (Å²) in [5, 5.41) is 2.29. The molecule has 0 spiro atoms. The van der Waals surface area contributed by atoms with E-state index >= 15 is 0 Å². The minimum absolute atomic E-state index is 0.246. The first-order valence-corrected chi connectivity index (χ1v) is 6.42. The van der Waals surface area contributed by atoms with Gasteiger partial charge in [0.25, 0.3) is 0 Å². The van der Waals surface area contributed by atoms with Crippen molar-refractivity contribution >= 4 is 27.5 Å². The zero-order valence-corrected chi connectivity index (χ0v) is 11.8. The normalized spacial score (nSPS) is 13.2. The molecule has 0 aliphatic heterocycles.